The second kappa shape index (κ2) is 13.5. The summed E-state index contributed by atoms with van der Waals surface area (Å²) in [6, 6.07) is -1.66. The van der Waals surface area contributed by atoms with Gasteiger partial charge in [0.05, 0.1) is 18.8 Å². The summed E-state index contributed by atoms with van der Waals surface area (Å²) in [4.78, 5) is 52.7. The Morgan fingerprint density at radius 1 is 1.20 bits per heavy atom. The smallest absolute Gasteiger partial charge is 0.342 e. The van der Waals surface area contributed by atoms with Crippen molar-refractivity contribution in [2.75, 3.05) is 6.61 Å². The Morgan fingerprint density at radius 2 is 1.73 bits per heavy atom. The van der Waals surface area contributed by atoms with Crippen LogP contribution in [-0.4, -0.2) is 75.5 Å². The van der Waals surface area contributed by atoms with Gasteiger partial charge in [-0.3, -0.25) is 28.5 Å². The summed E-state index contributed by atoms with van der Waals surface area (Å²) < 4.78 is 50.9. The first-order valence-electron chi connectivity index (χ1n) is 12.1. The maximum Gasteiger partial charge on any atom is 0.342 e. The van der Waals surface area contributed by atoms with Gasteiger partial charge in [-0.1, -0.05) is 5.11 Å². The zero-order valence-corrected chi connectivity index (χ0v) is 23.5. The maximum absolute atomic E-state index is 15.4. The lowest BCUT2D eigenvalue weighted by Crippen LogP contribution is -2.46. The molecule has 0 amide bonds. The van der Waals surface area contributed by atoms with Crippen LogP contribution < -0.4 is 21.4 Å². The van der Waals surface area contributed by atoms with Gasteiger partial charge in [-0.2, -0.15) is 0 Å². The van der Waals surface area contributed by atoms with Crippen LogP contribution >= 0.6 is 7.67 Å². The van der Waals surface area contributed by atoms with Crippen molar-refractivity contribution in [2.24, 2.45) is 5.11 Å². The van der Waals surface area contributed by atoms with Crippen LogP contribution in [0.1, 0.15) is 47.8 Å². The molecule has 224 valence electrons. The van der Waals surface area contributed by atoms with Gasteiger partial charge in [-0.15, -0.1) is 0 Å². The third kappa shape index (κ3) is 8.20. The average molecular weight is 594 g/mol. The van der Waals surface area contributed by atoms with E-state index >= 15 is 4.39 Å². The monoisotopic (exact) mass is 593 g/mol. The Bertz CT molecular complexity index is 1250. The quantitative estimate of drug-likeness (QED) is 0.0815. The molecule has 1 saturated heterocycles. The molecule has 0 saturated carbocycles. The summed E-state index contributed by atoms with van der Waals surface area (Å²) in [6.07, 6.45) is -6.56. The fourth-order valence-electron chi connectivity index (χ4n) is 3.48. The van der Waals surface area contributed by atoms with Crippen molar-refractivity contribution in [1.29, 1.82) is 0 Å². The fraction of sp³-hybridized carbons (Fsp3) is 0.714. The lowest BCUT2D eigenvalue weighted by molar-refractivity contribution is -0.149. The van der Waals surface area contributed by atoms with E-state index in [9.17, 15) is 28.8 Å². The number of nitrogens with zero attached hydrogens (tertiary/aromatic N) is 4. The second-order valence-corrected chi connectivity index (χ2v) is 11.3. The first kappa shape index (κ1) is 33.1. The number of aliphatic hydroxyl groups is 1. The maximum atomic E-state index is 15.4. The molecule has 0 spiro atoms. The van der Waals surface area contributed by atoms with Crippen molar-refractivity contribution in [3.63, 3.8) is 0 Å². The number of carbonyl (C=O) groups is 2. The number of carbonyl (C=O) groups excluding carboxylic acids is 2. The van der Waals surface area contributed by atoms with E-state index in [1.807, 2.05) is 4.98 Å². The zero-order chi connectivity index (χ0) is 30.4. The number of esters is 2. The molecule has 1 aromatic heterocycles. The highest BCUT2D eigenvalue weighted by Gasteiger charge is 2.57. The van der Waals surface area contributed by atoms with E-state index < -0.39 is 86.0 Å². The van der Waals surface area contributed by atoms with Crippen LogP contribution in [0.5, 0.6) is 0 Å². The molecule has 6 atom stereocenters. The first-order valence-corrected chi connectivity index (χ1v) is 13.8. The summed E-state index contributed by atoms with van der Waals surface area (Å²) in [7, 11) is -4.53. The molecular formula is C21H33FN7O10P. The summed E-state index contributed by atoms with van der Waals surface area (Å²) >= 11 is 0. The number of rotatable bonds is 13. The molecule has 40 heavy (non-hydrogen) atoms. The molecule has 1 fully saturated rings. The number of aromatic nitrogens is 2. The number of hydrogen-bond acceptors (Lipinski definition) is 11. The first-order chi connectivity index (χ1) is 18.5. The molecule has 1 aliphatic heterocycles. The van der Waals surface area contributed by atoms with Crippen LogP contribution in [0, 0.1) is 0 Å². The number of aromatic amines is 1. The van der Waals surface area contributed by atoms with Crippen molar-refractivity contribution in [3.8, 4) is 0 Å². The third-order valence-corrected chi connectivity index (χ3v) is 7.23. The van der Waals surface area contributed by atoms with Crippen LogP contribution in [-0.2, 0) is 32.9 Å². The Balaban J connectivity index is 2.40. The Hall–Kier alpha value is -3.11. The standard InChI is InChI=1S/C21H33FN7O10P/c1-10(2)37-18(32)12(5)25-40(35,26-13(6)19(33)38-11(3)4)36-9-21(27-28-23)16(22)15(31)17(39-21)29-8-7-14(30)24-20(29)34/h7-8,10-13,15-17,31H,9H2,1-6H3,(H,24,30,34)(H2,25,26,35)/t12-,13-,15+,16-,17+,21+/m0/s1. The van der Waals surface area contributed by atoms with Crippen LogP contribution in [0.4, 0.5) is 4.39 Å². The molecule has 0 unspecified atom stereocenters. The minimum atomic E-state index is -4.53. The predicted octanol–water partition coefficient (Wildman–Crippen LogP) is 0.755. The minimum Gasteiger partial charge on any atom is -0.462 e. The number of halogens is 1. The number of aliphatic hydroxyl groups excluding tert-OH is 1. The summed E-state index contributed by atoms with van der Waals surface area (Å²) in [6.45, 7) is 7.77. The third-order valence-electron chi connectivity index (χ3n) is 5.28. The highest BCUT2D eigenvalue weighted by molar-refractivity contribution is 7.54. The van der Waals surface area contributed by atoms with Crippen LogP contribution in [0.25, 0.3) is 10.4 Å². The van der Waals surface area contributed by atoms with Gasteiger partial charge in [0.2, 0.25) is 5.72 Å². The number of nitrogens with one attached hydrogen (secondary N) is 3. The number of ether oxygens (including phenoxy) is 3. The lowest BCUT2D eigenvalue weighted by atomic mass is 10.1. The zero-order valence-electron chi connectivity index (χ0n) is 22.6. The van der Waals surface area contributed by atoms with Gasteiger partial charge < -0.3 is 23.8 Å². The minimum absolute atomic E-state index is 0.521. The molecule has 0 radical (unpaired) electrons. The van der Waals surface area contributed by atoms with E-state index in [4.69, 9.17) is 24.3 Å². The van der Waals surface area contributed by atoms with E-state index in [2.05, 4.69) is 20.2 Å². The van der Waals surface area contributed by atoms with Crippen LogP contribution in [0.2, 0.25) is 0 Å². The largest absolute Gasteiger partial charge is 0.462 e. The van der Waals surface area contributed by atoms with Crippen LogP contribution in [0.15, 0.2) is 27.0 Å². The van der Waals surface area contributed by atoms with Crippen molar-refractivity contribution < 1.29 is 42.4 Å². The Labute approximate surface area is 227 Å². The van der Waals surface area contributed by atoms with Gasteiger partial charge in [0, 0.05) is 17.2 Å². The van der Waals surface area contributed by atoms with Gasteiger partial charge in [0.1, 0.15) is 18.2 Å². The molecule has 17 nitrogen and oxygen atoms in total. The molecule has 4 N–H and O–H groups in total. The normalized spacial score (nSPS) is 24.4. The van der Waals surface area contributed by atoms with Crippen molar-refractivity contribution in [1.82, 2.24) is 19.7 Å². The molecule has 2 rings (SSSR count). The van der Waals surface area contributed by atoms with Gasteiger partial charge >= 0.3 is 25.3 Å². The molecule has 0 aliphatic carbocycles. The molecule has 1 aliphatic rings. The molecule has 19 heteroatoms. The van der Waals surface area contributed by atoms with Gasteiger partial charge in [-0.05, 0) is 47.1 Å². The van der Waals surface area contributed by atoms with E-state index in [0.717, 1.165) is 12.3 Å². The molecule has 0 aromatic carbocycles. The predicted molar refractivity (Wildman–Crippen MR) is 135 cm³/mol. The second-order valence-electron chi connectivity index (χ2n) is 9.45. The van der Waals surface area contributed by atoms with Crippen molar-refractivity contribution >= 4 is 19.6 Å². The number of azide groups is 1. The topological polar surface area (TPSA) is 236 Å². The molecular weight excluding hydrogens is 560 g/mol. The van der Waals surface area contributed by atoms with Gasteiger partial charge in [0.25, 0.3) is 5.56 Å². The highest BCUT2D eigenvalue weighted by Crippen LogP contribution is 2.45. The lowest BCUT2D eigenvalue weighted by Gasteiger charge is -2.30. The summed E-state index contributed by atoms with van der Waals surface area (Å²) in [5, 5.41) is 18.5. The number of hydrogen-bond donors (Lipinski definition) is 4. The van der Waals surface area contributed by atoms with E-state index in [1.165, 1.54) is 13.8 Å². The SMILES string of the molecule is CC(C)OC(=O)[C@H](C)NP(=O)(N[C@@H](C)C(=O)OC(C)C)OC[C@@]1(N=[N+]=[N-])O[C@@H](n2ccc(=O)[nH]c2=O)[C@H](O)[C@@H]1F. The van der Waals surface area contributed by atoms with Crippen molar-refractivity contribution in [3.05, 3.63) is 43.5 Å². The van der Waals surface area contributed by atoms with E-state index in [-0.39, 0.29) is 0 Å². The number of alkyl halides is 1. The van der Waals surface area contributed by atoms with Gasteiger partial charge in [-0.25, -0.2) is 19.4 Å². The Kier molecular flexibility index (Phi) is 11.2. The fourth-order valence-corrected chi connectivity index (χ4v) is 5.30. The molecule has 2 heterocycles. The molecule has 0 bridgehead atoms. The molecule has 1 aromatic rings. The highest BCUT2D eigenvalue weighted by atomic mass is 31.2. The van der Waals surface area contributed by atoms with Crippen molar-refractivity contribution in [2.45, 2.75) is 90.1 Å². The van der Waals surface area contributed by atoms with Crippen LogP contribution in [0.3, 0.4) is 0 Å². The van der Waals surface area contributed by atoms with E-state index in [0.29, 0.717) is 4.57 Å². The summed E-state index contributed by atoms with van der Waals surface area (Å²) in [5.41, 5.74) is 4.59. The Morgan fingerprint density at radius 3 is 2.17 bits per heavy atom. The average Bonchev–Trinajstić information content (AvgIpc) is 3.07. The van der Waals surface area contributed by atoms with E-state index in [1.54, 1.807) is 27.7 Å². The number of H-pyrrole nitrogens is 1. The summed E-state index contributed by atoms with van der Waals surface area (Å²) in [5.74, 6) is -1.67. The van der Waals surface area contributed by atoms with Gasteiger partial charge in [0.15, 0.2) is 12.4 Å².